The Labute approximate surface area is 153 Å². The van der Waals surface area contributed by atoms with Crippen molar-refractivity contribution in [3.8, 4) is 5.69 Å². The van der Waals surface area contributed by atoms with Gasteiger partial charge in [0.1, 0.15) is 11.5 Å². The number of imidazole rings is 1. The van der Waals surface area contributed by atoms with E-state index in [1.165, 1.54) is 12.1 Å². The van der Waals surface area contributed by atoms with Gasteiger partial charge in [0.2, 0.25) is 0 Å². The minimum Gasteiger partial charge on any atom is -0.336 e. The maximum atomic E-state index is 13.1. The number of carbonyl (C=O) groups is 1. The Morgan fingerprint density at radius 3 is 2.67 bits per heavy atom. The summed E-state index contributed by atoms with van der Waals surface area (Å²) >= 11 is 0. The van der Waals surface area contributed by atoms with E-state index in [4.69, 9.17) is 0 Å². The van der Waals surface area contributed by atoms with Gasteiger partial charge in [0.15, 0.2) is 0 Å². The molecule has 0 radical (unpaired) electrons. The number of nitrogens with zero attached hydrogens (tertiary/aromatic N) is 3. The molecule has 1 N–H and O–H groups in total. The molecule has 8 heteroatoms. The van der Waals surface area contributed by atoms with Crippen LogP contribution in [-0.4, -0.2) is 46.5 Å². The van der Waals surface area contributed by atoms with Crippen molar-refractivity contribution >= 4 is 30.7 Å². The van der Waals surface area contributed by atoms with E-state index in [9.17, 15) is 9.18 Å². The second-order valence-electron chi connectivity index (χ2n) is 5.50. The third-order valence-electron chi connectivity index (χ3n) is 4.08. The van der Waals surface area contributed by atoms with Gasteiger partial charge in [-0.05, 0) is 44.2 Å². The molecule has 1 aromatic carbocycles. The minimum absolute atomic E-state index is 0. The van der Waals surface area contributed by atoms with Crippen molar-refractivity contribution in [1.82, 2.24) is 19.8 Å². The minimum atomic E-state index is -0.301. The molecule has 1 fully saturated rings. The van der Waals surface area contributed by atoms with Crippen molar-refractivity contribution in [2.45, 2.75) is 18.9 Å². The first-order chi connectivity index (χ1) is 10.7. The number of hydrogen-bond donors (Lipinski definition) is 1. The molecule has 2 heterocycles. The Kier molecular flexibility index (Phi) is 7.66. The van der Waals surface area contributed by atoms with Gasteiger partial charge in [-0.3, -0.25) is 9.36 Å². The van der Waals surface area contributed by atoms with Crippen molar-refractivity contribution in [2.75, 3.05) is 20.1 Å². The van der Waals surface area contributed by atoms with Crippen LogP contribution < -0.4 is 5.32 Å². The molecule has 1 aliphatic heterocycles. The summed E-state index contributed by atoms with van der Waals surface area (Å²) in [5, 5.41) is 3.23. The molecule has 1 saturated heterocycles. The number of rotatable bonds is 3. The predicted molar refractivity (Wildman–Crippen MR) is 96.0 cm³/mol. The number of benzene rings is 1. The zero-order valence-electron chi connectivity index (χ0n) is 13.3. The molecular weight excluding hydrogens is 354 g/mol. The van der Waals surface area contributed by atoms with Crippen LogP contribution in [0, 0.1) is 5.82 Å². The third kappa shape index (κ3) is 4.26. The smallest absolute Gasteiger partial charge is 0.272 e. The van der Waals surface area contributed by atoms with E-state index in [2.05, 4.69) is 10.3 Å². The fraction of sp³-hybridized carbons (Fsp3) is 0.375. The van der Waals surface area contributed by atoms with Crippen molar-refractivity contribution in [3.63, 3.8) is 0 Å². The van der Waals surface area contributed by atoms with Crippen molar-refractivity contribution in [2.24, 2.45) is 0 Å². The van der Waals surface area contributed by atoms with Gasteiger partial charge in [0.05, 0.1) is 12.5 Å². The first-order valence-electron chi connectivity index (χ1n) is 7.44. The van der Waals surface area contributed by atoms with Crippen LogP contribution >= 0.6 is 24.8 Å². The molecule has 3 rings (SSSR count). The van der Waals surface area contributed by atoms with Crippen LogP contribution in [0.2, 0.25) is 0 Å². The highest BCUT2D eigenvalue weighted by atomic mass is 35.5. The molecule has 0 aliphatic carbocycles. The Morgan fingerprint density at radius 1 is 1.29 bits per heavy atom. The van der Waals surface area contributed by atoms with Crippen LogP contribution in [0.5, 0.6) is 0 Å². The molecule has 24 heavy (non-hydrogen) atoms. The number of amides is 1. The standard InChI is InChI=1S/C16H19FN4O.2ClH/c1-18-13-3-2-8-20(10-13)16(22)15-9-19-11-21(15)14-6-4-12(17)5-7-14;;/h4-7,9,11,13,18H,2-3,8,10H2,1H3;2*1H. The van der Waals surface area contributed by atoms with Gasteiger partial charge in [-0.25, -0.2) is 9.37 Å². The summed E-state index contributed by atoms with van der Waals surface area (Å²) in [6.07, 6.45) is 5.22. The molecule has 1 amide bonds. The van der Waals surface area contributed by atoms with Gasteiger partial charge >= 0.3 is 0 Å². The van der Waals surface area contributed by atoms with Crippen molar-refractivity contribution in [1.29, 1.82) is 0 Å². The average molecular weight is 375 g/mol. The maximum Gasteiger partial charge on any atom is 0.272 e. The van der Waals surface area contributed by atoms with Crippen LogP contribution in [0.3, 0.4) is 0 Å². The van der Waals surface area contributed by atoms with Gasteiger partial charge in [-0.15, -0.1) is 24.8 Å². The molecule has 0 bridgehead atoms. The molecule has 0 saturated carbocycles. The van der Waals surface area contributed by atoms with Crippen molar-refractivity contribution < 1.29 is 9.18 Å². The highest BCUT2D eigenvalue weighted by Crippen LogP contribution is 2.17. The van der Waals surface area contributed by atoms with E-state index in [1.807, 2.05) is 11.9 Å². The highest BCUT2D eigenvalue weighted by molar-refractivity contribution is 5.93. The SMILES string of the molecule is CNC1CCCN(C(=O)c2cncn2-c2ccc(F)cc2)C1.Cl.Cl. The lowest BCUT2D eigenvalue weighted by Gasteiger charge is -2.32. The molecule has 2 aromatic rings. The fourth-order valence-corrected chi connectivity index (χ4v) is 2.82. The molecular formula is C16H21Cl2FN4O. The first-order valence-corrected chi connectivity index (χ1v) is 7.44. The molecule has 5 nitrogen and oxygen atoms in total. The zero-order valence-corrected chi connectivity index (χ0v) is 14.9. The van der Waals surface area contributed by atoms with Crippen LogP contribution in [0.4, 0.5) is 4.39 Å². The maximum absolute atomic E-state index is 13.1. The summed E-state index contributed by atoms with van der Waals surface area (Å²) in [7, 11) is 1.92. The Morgan fingerprint density at radius 2 is 2.00 bits per heavy atom. The van der Waals surface area contributed by atoms with Crippen molar-refractivity contribution in [3.05, 3.63) is 48.3 Å². The number of nitrogens with one attached hydrogen (secondary N) is 1. The van der Waals surface area contributed by atoms with E-state index in [0.717, 1.165) is 25.1 Å². The lowest BCUT2D eigenvalue weighted by atomic mass is 10.1. The summed E-state index contributed by atoms with van der Waals surface area (Å²) in [6, 6.07) is 6.36. The number of hydrogen-bond acceptors (Lipinski definition) is 3. The van der Waals surface area contributed by atoms with Gasteiger partial charge in [-0.1, -0.05) is 0 Å². The highest BCUT2D eigenvalue weighted by Gasteiger charge is 2.25. The number of carbonyl (C=O) groups excluding carboxylic acids is 1. The predicted octanol–water partition coefficient (Wildman–Crippen LogP) is 2.68. The van der Waals surface area contributed by atoms with Crippen LogP contribution in [0.25, 0.3) is 5.69 Å². The normalized spacial score (nSPS) is 16.9. The number of piperidine rings is 1. The van der Waals surface area contributed by atoms with E-state index in [1.54, 1.807) is 29.2 Å². The summed E-state index contributed by atoms with van der Waals surface area (Å²) in [5.41, 5.74) is 1.23. The second kappa shape index (κ2) is 9.01. The fourth-order valence-electron chi connectivity index (χ4n) is 2.82. The van der Waals surface area contributed by atoms with Crippen LogP contribution in [0.15, 0.2) is 36.8 Å². The molecule has 1 aromatic heterocycles. The Bertz CT molecular complexity index is 662. The monoisotopic (exact) mass is 374 g/mol. The summed E-state index contributed by atoms with van der Waals surface area (Å²) < 4.78 is 14.8. The lowest BCUT2D eigenvalue weighted by Crippen LogP contribution is -2.47. The van der Waals surface area contributed by atoms with E-state index >= 15 is 0 Å². The zero-order chi connectivity index (χ0) is 15.5. The largest absolute Gasteiger partial charge is 0.336 e. The lowest BCUT2D eigenvalue weighted by molar-refractivity contribution is 0.0690. The first kappa shape index (κ1) is 20.4. The van der Waals surface area contributed by atoms with Gasteiger partial charge < -0.3 is 10.2 Å². The molecule has 1 atom stereocenters. The molecule has 0 spiro atoms. The summed E-state index contributed by atoms with van der Waals surface area (Å²) in [4.78, 5) is 18.7. The van der Waals surface area contributed by atoms with E-state index in [-0.39, 0.29) is 36.5 Å². The topological polar surface area (TPSA) is 50.2 Å². The van der Waals surface area contributed by atoms with Crippen LogP contribution in [0.1, 0.15) is 23.3 Å². The molecule has 1 unspecified atom stereocenters. The van der Waals surface area contributed by atoms with Gasteiger partial charge in [0.25, 0.3) is 5.91 Å². The van der Waals surface area contributed by atoms with Gasteiger partial charge in [0, 0.05) is 24.8 Å². The van der Waals surface area contributed by atoms with E-state index < -0.39 is 0 Å². The Hall–Kier alpha value is -1.63. The van der Waals surface area contributed by atoms with E-state index in [0.29, 0.717) is 18.3 Å². The third-order valence-corrected chi connectivity index (χ3v) is 4.08. The summed E-state index contributed by atoms with van der Waals surface area (Å²) in [5.74, 6) is -0.341. The number of halogens is 3. The quantitative estimate of drug-likeness (QED) is 0.898. The Balaban J connectivity index is 0.00000144. The van der Waals surface area contributed by atoms with Crippen LogP contribution in [-0.2, 0) is 0 Å². The molecule has 1 aliphatic rings. The van der Waals surface area contributed by atoms with Gasteiger partial charge in [-0.2, -0.15) is 0 Å². The molecule has 132 valence electrons. The number of likely N-dealkylation sites (tertiary alicyclic amines) is 1. The number of aromatic nitrogens is 2. The number of likely N-dealkylation sites (N-methyl/N-ethyl adjacent to an activating group) is 1. The summed E-state index contributed by atoms with van der Waals surface area (Å²) in [6.45, 7) is 1.45. The second-order valence-corrected chi connectivity index (χ2v) is 5.50. The average Bonchev–Trinajstić information content (AvgIpc) is 3.04.